The van der Waals surface area contributed by atoms with Crippen LogP contribution in [0.25, 0.3) is 11.5 Å². The standard InChI is InChI=1S/C32H31N5O2/c1-4-26-25-21-36(32(38)33-27-16-8-9-18-29(27)39-3)30(23-13-10-12-22(2)20-23)28-17-11-19-35(28)31(25)37(34-26)24-14-6-5-7-15-24/h5-20,30H,4,21H2,1-3H3,(H,33,38)/t30-/m1/s1. The van der Waals surface area contributed by atoms with Crippen molar-refractivity contribution >= 4 is 11.7 Å². The van der Waals surface area contributed by atoms with E-state index in [1.54, 1.807) is 7.11 Å². The first-order chi connectivity index (χ1) is 19.1. The highest BCUT2D eigenvalue weighted by Crippen LogP contribution is 2.39. The number of anilines is 1. The Morgan fingerprint density at radius 3 is 2.56 bits per heavy atom. The molecule has 0 spiro atoms. The number of aryl methyl sites for hydroxylation is 2. The third kappa shape index (κ3) is 4.36. The van der Waals surface area contributed by atoms with Crippen molar-refractivity contribution in [3.05, 3.63) is 125 Å². The summed E-state index contributed by atoms with van der Waals surface area (Å²) in [4.78, 5) is 16.1. The van der Waals surface area contributed by atoms with Crippen LogP contribution in [0.3, 0.4) is 0 Å². The number of fused-ring (bicyclic) bond motifs is 3. The average molecular weight is 518 g/mol. The smallest absolute Gasteiger partial charge is 0.323 e. The molecule has 7 heteroatoms. The summed E-state index contributed by atoms with van der Waals surface area (Å²) in [6, 6.07) is 29.6. The molecule has 0 saturated carbocycles. The molecule has 3 aromatic carbocycles. The molecule has 0 radical (unpaired) electrons. The van der Waals surface area contributed by atoms with Crippen LogP contribution in [-0.4, -0.2) is 32.4 Å². The second-order valence-corrected chi connectivity index (χ2v) is 9.73. The number of hydrogen-bond donors (Lipinski definition) is 1. The van der Waals surface area contributed by atoms with Crippen molar-refractivity contribution in [3.63, 3.8) is 0 Å². The quantitative estimate of drug-likeness (QED) is 0.283. The number of carbonyl (C=O) groups excluding carboxylic acids is 1. The van der Waals surface area contributed by atoms with Crippen LogP contribution >= 0.6 is 0 Å². The van der Waals surface area contributed by atoms with Crippen molar-refractivity contribution in [3.8, 4) is 17.3 Å². The highest BCUT2D eigenvalue weighted by molar-refractivity contribution is 5.91. The first kappa shape index (κ1) is 24.6. The van der Waals surface area contributed by atoms with Gasteiger partial charge in [0.2, 0.25) is 0 Å². The number of hydrogen-bond acceptors (Lipinski definition) is 3. The molecule has 6 rings (SSSR count). The fourth-order valence-electron chi connectivity index (χ4n) is 5.47. The molecule has 1 atom stereocenters. The summed E-state index contributed by atoms with van der Waals surface area (Å²) < 4.78 is 9.72. The highest BCUT2D eigenvalue weighted by atomic mass is 16.5. The van der Waals surface area contributed by atoms with E-state index in [0.717, 1.165) is 46.0 Å². The fourth-order valence-corrected chi connectivity index (χ4v) is 5.47. The maximum Gasteiger partial charge on any atom is 0.323 e. The van der Waals surface area contributed by atoms with Gasteiger partial charge in [0.15, 0.2) is 0 Å². The van der Waals surface area contributed by atoms with Gasteiger partial charge in [-0.15, -0.1) is 0 Å². The molecule has 2 amide bonds. The van der Waals surface area contributed by atoms with Gasteiger partial charge in [0.1, 0.15) is 11.6 Å². The van der Waals surface area contributed by atoms with E-state index in [2.05, 4.69) is 72.4 Å². The Bertz CT molecular complexity index is 1640. The molecule has 1 aliphatic heterocycles. The third-order valence-electron chi connectivity index (χ3n) is 7.27. The molecule has 0 aliphatic carbocycles. The van der Waals surface area contributed by atoms with Crippen molar-refractivity contribution in [2.24, 2.45) is 0 Å². The number of amides is 2. The van der Waals surface area contributed by atoms with E-state index in [1.165, 1.54) is 0 Å². The lowest BCUT2D eigenvalue weighted by molar-refractivity contribution is 0.194. The van der Waals surface area contributed by atoms with E-state index in [4.69, 9.17) is 9.84 Å². The Balaban J connectivity index is 1.56. The van der Waals surface area contributed by atoms with Gasteiger partial charge in [-0.25, -0.2) is 9.48 Å². The molecule has 7 nitrogen and oxygen atoms in total. The summed E-state index contributed by atoms with van der Waals surface area (Å²) in [5, 5.41) is 8.16. The molecule has 1 aliphatic rings. The predicted molar refractivity (Wildman–Crippen MR) is 153 cm³/mol. The van der Waals surface area contributed by atoms with E-state index >= 15 is 0 Å². The molecule has 0 fully saturated rings. The van der Waals surface area contributed by atoms with Crippen molar-refractivity contribution in [1.82, 2.24) is 19.2 Å². The second-order valence-electron chi connectivity index (χ2n) is 9.73. The third-order valence-corrected chi connectivity index (χ3v) is 7.27. The minimum atomic E-state index is -0.323. The summed E-state index contributed by atoms with van der Waals surface area (Å²) >= 11 is 0. The number of nitrogens with one attached hydrogen (secondary N) is 1. The van der Waals surface area contributed by atoms with Gasteiger partial charge in [0.05, 0.1) is 42.5 Å². The zero-order chi connectivity index (χ0) is 26.9. The number of rotatable bonds is 5. The number of aromatic nitrogens is 3. The second kappa shape index (κ2) is 10.2. The molecule has 39 heavy (non-hydrogen) atoms. The first-order valence-electron chi connectivity index (χ1n) is 13.2. The van der Waals surface area contributed by atoms with Crippen LogP contribution in [0, 0.1) is 6.92 Å². The molecule has 2 aromatic heterocycles. The molecular weight excluding hydrogens is 486 g/mol. The van der Waals surface area contributed by atoms with Gasteiger partial charge in [-0.2, -0.15) is 5.10 Å². The van der Waals surface area contributed by atoms with Crippen molar-refractivity contribution in [2.75, 3.05) is 12.4 Å². The van der Waals surface area contributed by atoms with E-state index in [0.29, 0.717) is 18.0 Å². The van der Waals surface area contributed by atoms with Gasteiger partial charge in [-0.1, -0.05) is 67.1 Å². The summed E-state index contributed by atoms with van der Waals surface area (Å²) in [5.74, 6) is 1.58. The Hall–Kier alpha value is -4.78. The van der Waals surface area contributed by atoms with Crippen molar-refractivity contribution in [2.45, 2.75) is 32.9 Å². The molecule has 0 saturated heterocycles. The summed E-state index contributed by atoms with van der Waals surface area (Å²) in [6.45, 7) is 4.58. The normalized spacial score (nSPS) is 14.3. The Labute approximate surface area is 228 Å². The Morgan fingerprint density at radius 1 is 1.00 bits per heavy atom. The lowest BCUT2D eigenvalue weighted by Crippen LogP contribution is -2.38. The lowest BCUT2D eigenvalue weighted by atomic mass is 10.00. The number of carbonyl (C=O) groups is 1. The number of urea groups is 1. The number of nitrogens with zero attached hydrogens (tertiary/aromatic N) is 4. The predicted octanol–water partition coefficient (Wildman–Crippen LogP) is 6.68. The minimum Gasteiger partial charge on any atom is -0.495 e. The Kier molecular flexibility index (Phi) is 6.40. The average Bonchev–Trinajstić information content (AvgIpc) is 3.55. The first-order valence-corrected chi connectivity index (χ1v) is 13.2. The number of para-hydroxylation sites is 3. The molecular formula is C32H31N5O2. The topological polar surface area (TPSA) is 64.3 Å². The van der Waals surface area contributed by atoms with Crippen LogP contribution in [0.2, 0.25) is 0 Å². The monoisotopic (exact) mass is 517 g/mol. The van der Waals surface area contributed by atoms with Gasteiger partial charge < -0.3 is 19.5 Å². The zero-order valence-corrected chi connectivity index (χ0v) is 22.3. The van der Waals surface area contributed by atoms with Crippen LogP contribution < -0.4 is 10.1 Å². The molecule has 1 N–H and O–H groups in total. The largest absolute Gasteiger partial charge is 0.495 e. The molecule has 0 unspecified atom stereocenters. The van der Waals surface area contributed by atoms with E-state index in [1.807, 2.05) is 58.1 Å². The van der Waals surface area contributed by atoms with Crippen LogP contribution in [0.5, 0.6) is 5.75 Å². The Morgan fingerprint density at radius 2 is 1.79 bits per heavy atom. The summed E-state index contributed by atoms with van der Waals surface area (Å²) in [5.41, 5.74) is 6.79. The maximum atomic E-state index is 14.2. The van der Waals surface area contributed by atoms with Crippen LogP contribution in [0.1, 0.15) is 41.0 Å². The minimum absolute atomic E-state index is 0.207. The maximum absolute atomic E-state index is 14.2. The molecule has 5 aromatic rings. The SMILES string of the molecule is CCc1nn(-c2ccccc2)c2c1CN(C(=O)Nc1ccccc1OC)[C@H](c1cccc(C)c1)c1cccn1-2. The lowest BCUT2D eigenvalue weighted by Gasteiger charge is -2.31. The molecule has 3 heterocycles. The van der Waals surface area contributed by atoms with Crippen molar-refractivity contribution in [1.29, 1.82) is 0 Å². The molecule has 0 bridgehead atoms. The van der Waals surface area contributed by atoms with Gasteiger partial charge in [0.25, 0.3) is 0 Å². The van der Waals surface area contributed by atoms with Crippen LogP contribution in [-0.2, 0) is 13.0 Å². The number of ether oxygens (including phenoxy) is 1. The number of methoxy groups -OCH3 is 1. The summed E-state index contributed by atoms with van der Waals surface area (Å²) in [6.07, 6.45) is 2.81. The van der Waals surface area contributed by atoms with E-state index < -0.39 is 0 Å². The summed E-state index contributed by atoms with van der Waals surface area (Å²) in [7, 11) is 1.61. The fraction of sp³-hybridized carbons (Fsp3) is 0.188. The van der Waals surface area contributed by atoms with Gasteiger partial charge in [-0.05, 0) is 55.3 Å². The zero-order valence-electron chi connectivity index (χ0n) is 22.3. The number of benzene rings is 3. The van der Waals surface area contributed by atoms with Crippen LogP contribution in [0.4, 0.5) is 10.5 Å². The van der Waals surface area contributed by atoms with E-state index in [9.17, 15) is 4.79 Å². The van der Waals surface area contributed by atoms with Gasteiger partial charge in [-0.3, -0.25) is 0 Å². The van der Waals surface area contributed by atoms with Gasteiger partial charge >= 0.3 is 6.03 Å². The highest BCUT2D eigenvalue weighted by Gasteiger charge is 2.36. The molecule has 196 valence electrons. The van der Waals surface area contributed by atoms with Crippen LogP contribution in [0.15, 0.2) is 97.2 Å². The van der Waals surface area contributed by atoms with Gasteiger partial charge in [0, 0.05) is 11.8 Å². The van der Waals surface area contributed by atoms with Crippen molar-refractivity contribution < 1.29 is 9.53 Å². The van der Waals surface area contributed by atoms with E-state index in [-0.39, 0.29) is 12.1 Å².